The molecule has 0 bridgehead atoms. The largest absolute Gasteiger partial charge is 0.573 e. The van der Waals surface area contributed by atoms with E-state index in [1.54, 1.807) is 0 Å². The molecule has 5 N–H and O–H groups in total. The van der Waals surface area contributed by atoms with Crippen LogP contribution >= 0.6 is 0 Å². The summed E-state index contributed by atoms with van der Waals surface area (Å²) in [7, 11) is 0. The first-order valence-corrected chi connectivity index (χ1v) is 10.1. The second kappa shape index (κ2) is 10.00. The molecule has 9 heteroatoms. The van der Waals surface area contributed by atoms with E-state index < -0.39 is 17.7 Å². The summed E-state index contributed by atoms with van der Waals surface area (Å²) in [6.07, 6.45) is 3.00. The van der Waals surface area contributed by atoms with Gasteiger partial charge < -0.3 is 15.6 Å². The molecule has 0 amide bonds. The van der Waals surface area contributed by atoms with Crippen LogP contribution in [0.2, 0.25) is 0 Å². The van der Waals surface area contributed by atoms with Crippen LogP contribution in [0.15, 0.2) is 42.6 Å². The Bertz CT molecular complexity index is 943. The maximum Gasteiger partial charge on any atom is 0.573 e. The third-order valence-electron chi connectivity index (χ3n) is 5.16. The van der Waals surface area contributed by atoms with Gasteiger partial charge in [-0.1, -0.05) is 31.4 Å². The smallest absolute Gasteiger partial charge is 0.406 e. The molecular formula is C22H29F3N4O2. The number of rotatable bonds is 3. The minimum atomic E-state index is -4.80. The van der Waals surface area contributed by atoms with Crippen molar-refractivity contribution in [1.82, 2.24) is 4.57 Å². The molecule has 6 nitrogen and oxygen atoms in total. The summed E-state index contributed by atoms with van der Waals surface area (Å²) in [5, 5.41) is 25.3. The standard InChI is InChI=1S/C13H11F3N4O.C9H18O/c14-13(15,16)21-10-3-1-2-8(6-10)12(19)20-7-9(17)4-5-11(20)18;1-9(2,10)8-6-4-3-5-7-8/h1-7,18-19H,17H2;8,10H,3-7H2,1-2H3. The van der Waals surface area contributed by atoms with Gasteiger partial charge in [0, 0.05) is 17.4 Å². The quantitative estimate of drug-likeness (QED) is 0.413. The normalized spacial score (nSPS) is 15.0. The van der Waals surface area contributed by atoms with Crippen LogP contribution in [0.1, 0.15) is 51.5 Å². The fourth-order valence-corrected chi connectivity index (χ4v) is 3.49. The molecule has 1 aliphatic carbocycles. The van der Waals surface area contributed by atoms with E-state index in [0.29, 0.717) is 11.6 Å². The Morgan fingerprint density at radius 3 is 2.32 bits per heavy atom. The third kappa shape index (κ3) is 7.75. The van der Waals surface area contributed by atoms with Gasteiger partial charge in [-0.25, -0.2) is 0 Å². The number of hydrogen-bond acceptors (Lipinski definition) is 5. The summed E-state index contributed by atoms with van der Waals surface area (Å²) in [6.45, 7) is 3.87. The van der Waals surface area contributed by atoms with Crippen LogP contribution in [0.4, 0.5) is 18.9 Å². The SMILES string of the molecule is CC(C)(O)C1CCCCC1.N=C(c1cccc(OC(F)(F)F)c1)n1cc(N)ccc1=N. The topological polar surface area (TPSA) is 108 Å². The average molecular weight is 438 g/mol. The van der Waals surface area contributed by atoms with Gasteiger partial charge in [-0.2, -0.15) is 0 Å². The van der Waals surface area contributed by atoms with Crippen molar-refractivity contribution in [1.29, 1.82) is 10.8 Å². The van der Waals surface area contributed by atoms with Gasteiger partial charge >= 0.3 is 6.36 Å². The molecule has 0 atom stereocenters. The van der Waals surface area contributed by atoms with E-state index in [9.17, 15) is 18.3 Å². The summed E-state index contributed by atoms with van der Waals surface area (Å²) in [6, 6.07) is 7.87. The van der Waals surface area contributed by atoms with Crippen molar-refractivity contribution in [2.45, 2.75) is 57.9 Å². The minimum absolute atomic E-state index is 0.0173. The average Bonchev–Trinajstić information content (AvgIpc) is 2.69. The van der Waals surface area contributed by atoms with Crippen molar-refractivity contribution in [2.24, 2.45) is 5.92 Å². The molecule has 1 aromatic heterocycles. The molecule has 170 valence electrons. The number of halogens is 3. The summed E-state index contributed by atoms with van der Waals surface area (Å²) < 4.78 is 41.5. The molecule has 0 saturated heterocycles. The zero-order valence-corrected chi connectivity index (χ0v) is 17.7. The number of pyridine rings is 1. The van der Waals surface area contributed by atoms with Gasteiger partial charge in [0.05, 0.1) is 5.60 Å². The lowest BCUT2D eigenvalue weighted by Crippen LogP contribution is -2.32. The number of nitrogen functional groups attached to an aromatic ring is 1. The van der Waals surface area contributed by atoms with Crippen molar-refractivity contribution >= 4 is 11.5 Å². The molecule has 1 fully saturated rings. The Morgan fingerprint density at radius 2 is 1.77 bits per heavy atom. The van der Waals surface area contributed by atoms with Crippen molar-refractivity contribution < 1.29 is 23.0 Å². The second-order valence-electron chi connectivity index (χ2n) is 8.13. The summed E-state index contributed by atoms with van der Waals surface area (Å²) in [5.41, 5.74) is 5.63. The number of nitrogens with two attached hydrogens (primary N) is 1. The number of aromatic nitrogens is 1. The number of anilines is 1. The lowest BCUT2D eigenvalue weighted by Gasteiger charge is -2.32. The van der Waals surface area contributed by atoms with E-state index in [2.05, 4.69) is 4.74 Å². The molecule has 0 unspecified atom stereocenters. The summed E-state index contributed by atoms with van der Waals surface area (Å²) in [4.78, 5) is 0. The van der Waals surface area contributed by atoms with Crippen molar-refractivity contribution in [3.8, 4) is 5.75 Å². The zero-order valence-electron chi connectivity index (χ0n) is 17.7. The summed E-state index contributed by atoms with van der Waals surface area (Å²) in [5.74, 6) is -0.0537. The molecule has 1 heterocycles. The molecule has 2 aromatic rings. The van der Waals surface area contributed by atoms with Gasteiger partial charge in [-0.15, -0.1) is 13.2 Å². The first-order chi connectivity index (χ1) is 14.4. The van der Waals surface area contributed by atoms with Crippen molar-refractivity contribution in [3.63, 3.8) is 0 Å². The minimum Gasteiger partial charge on any atom is -0.406 e. The van der Waals surface area contributed by atoms with E-state index in [0.717, 1.165) is 16.7 Å². The Kier molecular flexibility index (Phi) is 7.89. The Hall–Kier alpha value is -2.81. The predicted octanol–water partition coefficient (Wildman–Crippen LogP) is 4.66. The van der Waals surface area contributed by atoms with Crippen LogP contribution in [-0.2, 0) is 0 Å². The zero-order chi connectivity index (χ0) is 23.2. The first kappa shape index (κ1) is 24.5. The summed E-state index contributed by atoms with van der Waals surface area (Å²) >= 11 is 0. The van der Waals surface area contributed by atoms with Gasteiger partial charge in [-0.3, -0.25) is 15.4 Å². The van der Waals surface area contributed by atoms with Gasteiger partial charge in [0.15, 0.2) is 0 Å². The van der Waals surface area contributed by atoms with E-state index in [1.165, 1.54) is 62.6 Å². The van der Waals surface area contributed by atoms with Gasteiger partial charge in [0.2, 0.25) is 0 Å². The molecule has 3 rings (SSSR count). The number of aliphatic hydroxyl groups is 1. The van der Waals surface area contributed by atoms with Crippen LogP contribution in [-0.4, -0.2) is 27.5 Å². The first-order valence-electron chi connectivity index (χ1n) is 10.1. The molecule has 0 spiro atoms. The molecule has 0 aliphatic heterocycles. The molecular weight excluding hydrogens is 409 g/mol. The maximum atomic E-state index is 12.2. The van der Waals surface area contributed by atoms with Crippen LogP contribution in [0.5, 0.6) is 5.75 Å². The Balaban J connectivity index is 0.000000285. The van der Waals surface area contributed by atoms with Crippen molar-refractivity contribution in [2.75, 3.05) is 5.73 Å². The van der Waals surface area contributed by atoms with Crippen LogP contribution in [0.25, 0.3) is 0 Å². The maximum absolute atomic E-state index is 12.2. The Morgan fingerprint density at radius 1 is 1.13 bits per heavy atom. The van der Waals surface area contributed by atoms with Crippen LogP contribution < -0.4 is 16.0 Å². The van der Waals surface area contributed by atoms with E-state index in [-0.39, 0.29) is 16.9 Å². The second-order valence-corrected chi connectivity index (χ2v) is 8.13. The van der Waals surface area contributed by atoms with E-state index >= 15 is 0 Å². The highest BCUT2D eigenvalue weighted by atomic mass is 19.4. The van der Waals surface area contributed by atoms with Crippen LogP contribution in [0.3, 0.4) is 0 Å². The molecule has 1 aromatic carbocycles. The van der Waals surface area contributed by atoms with Gasteiger partial charge in [0.1, 0.15) is 17.1 Å². The predicted molar refractivity (Wildman–Crippen MR) is 113 cm³/mol. The number of ether oxygens (including phenoxy) is 1. The molecule has 31 heavy (non-hydrogen) atoms. The highest BCUT2D eigenvalue weighted by molar-refractivity contribution is 5.98. The number of hydrogen-bond donors (Lipinski definition) is 4. The fraction of sp³-hybridized carbons (Fsp3) is 0.455. The number of nitrogens with zero attached hydrogens (tertiary/aromatic N) is 1. The van der Waals surface area contributed by atoms with Crippen molar-refractivity contribution in [3.05, 3.63) is 53.6 Å². The van der Waals surface area contributed by atoms with Gasteiger partial charge in [-0.05, 0) is 56.9 Å². The molecule has 1 aliphatic rings. The van der Waals surface area contributed by atoms with E-state index in [4.69, 9.17) is 16.6 Å². The fourth-order valence-electron chi connectivity index (χ4n) is 3.49. The Labute approximate surface area is 179 Å². The van der Waals surface area contributed by atoms with Crippen LogP contribution in [0, 0.1) is 16.7 Å². The lowest BCUT2D eigenvalue weighted by atomic mass is 9.79. The van der Waals surface area contributed by atoms with Gasteiger partial charge in [0.25, 0.3) is 0 Å². The monoisotopic (exact) mass is 438 g/mol. The highest BCUT2D eigenvalue weighted by Crippen LogP contribution is 2.31. The number of alkyl halides is 3. The third-order valence-corrected chi connectivity index (χ3v) is 5.16. The highest BCUT2D eigenvalue weighted by Gasteiger charge is 2.31. The molecule has 0 radical (unpaired) electrons. The number of benzene rings is 1. The van der Waals surface area contributed by atoms with E-state index in [1.807, 2.05) is 13.8 Å². The number of nitrogens with one attached hydrogen (secondary N) is 2. The molecule has 1 saturated carbocycles. The lowest BCUT2D eigenvalue weighted by molar-refractivity contribution is -0.274.